The lowest BCUT2D eigenvalue weighted by Crippen LogP contribution is -2.00. The molecule has 0 bridgehead atoms. The second-order valence-electron chi connectivity index (χ2n) is 1.72. The highest BCUT2D eigenvalue weighted by Gasteiger charge is 2.02. The van der Waals surface area contributed by atoms with Crippen LogP contribution in [0.1, 0.15) is 10.5 Å². The minimum Gasteiger partial charge on any atom is -0.464 e. The number of aromatic amines is 1. The van der Waals surface area contributed by atoms with Gasteiger partial charge in [0.1, 0.15) is 5.69 Å². The van der Waals surface area contributed by atoms with Crippen molar-refractivity contribution in [1.82, 2.24) is 4.98 Å². The van der Waals surface area contributed by atoms with Gasteiger partial charge in [-0.3, -0.25) is 0 Å². The van der Waals surface area contributed by atoms with E-state index in [1.165, 1.54) is 7.11 Å². The first kappa shape index (κ1) is 10.7. The molecule has 12 heavy (non-hydrogen) atoms. The standard InChI is InChI=1S/C6H7NO2.BH3O2/c1-9-6(8)5-3-2-4-7-5;2-1-3/h2-4,7H,1H3;1-3H. The van der Waals surface area contributed by atoms with Crippen molar-refractivity contribution in [1.29, 1.82) is 0 Å². The number of H-pyrrole nitrogens is 1. The Bertz CT molecular complexity index is 211. The minimum absolute atomic E-state index is 0.333. The van der Waals surface area contributed by atoms with Crippen LogP contribution in [0.3, 0.4) is 0 Å². The number of rotatable bonds is 1. The predicted octanol–water partition coefficient (Wildman–Crippen LogP) is -0.961. The summed E-state index contributed by atoms with van der Waals surface area (Å²) in [6, 6.07) is 3.40. The van der Waals surface area contributed by atoms with E-state index in [2.05, 4.69) is 9.72 Å². The van der Waals surface area contributed by atoms with E-state index in [0.717, 1.165) is 0 Å². The van der Waals surface area contributed by atoms with Gasteiger partial charge in [0.15, 0.2) is 0 Å². The highest BCUT2D eigenvalue weighted by molar-refractivity contribution is 6.13. The Labute approximate surface area is 70.3 Å². The van der Waals surface area contributed by atoms with E-state index in [4.69, 9.17) is 10.0 Å². The molecule has 0 saturated heterocycles. The molecule has 0 atom stereocenters. The molecule has 3 N–H and O–H groups in total. The van der Waals surface area contributed by atoms with Gasteiger partial charge in [0.05, 0.1) is 7.11 Å². The van der Waals surface area contributed by atoms with Crippen molar-refractivity contribution in [3.63, 3.8) is 0 Å². The first-order valence-corrected chi connectivity index (χ1v) is 3.19. The van der Waals surface area contributed by atoms with Gasteiger partial charge in [-0.05, 0) is 12.1 Å². The van der Waals surface area contributed by atoms with Crippen LogP contribution < -0.4 is 0 Å². The summed E-state index contributed by atoms with van der Waals surface area (Å²) in [5, 5.41) is 14.2. The summed E-state index contributed by atoms with van der Waals surface area (Å²) < 4.78 is 4.42. The lowest BCUT2D eigenvalue weighted by Gasteiger charge is -1.91. The molecule has 0 aliphatic carbocycles. The fourth-order valence-electron chi connectivity index (χ4n) is 0.567. The topological polar surface area (TPSA) is 82.6 Å². The van der Waals surface area contributed by atoms with Crippen LogP contribution in [-0.2, 0) is 4.74 Å². The van der Waals surface area contributed by atoms with Crippen LogP contribution in [0, 0.1) is 0 Å². The Kier molecular flexibility index (Phi) is 5.77. The fourth-order valence-corrected chi connectivity index (χ4v) is 0.567. The smallest absolute Gasteiger partial charge is 0.432 e. The van der Waals surface area contributed by atoms with Gasteiger partial charge >= 0.3 is 13.7 Å². The molecule has 1 rings (SSSR count). The Hall–Kier alpha value is -1.27. The average Bonchev–Trinajstić information content (AvgIpc) is 2.56. The van der Waals surface area contributed by atoms with E-state index in [-0.39, 0.29) is 5.97 Å². The Balaban J connectivity index is 0.000000354. The lowest BCUT2D eigenvalue weighted by molar-refractivity contribution is 0.0595. The summed E-state index contributed by atoms with van der Waals surface area (Å²) in [5.74, 6) is -0.333. The van der Waals surface area contributed by atoms with Crippen LogP contribution in [0.5, 0.6) is 0 Å². The number of esters is 1. The molecule has 0 spiro atoms. The summed E-state index contributed by atoms with van der Waals surface area (Å²) in [7, 11) is 0.600. The zero-order valence-corrected chi connectivity index (χ0v) is 6.65. The number of methoxy groups -OCH3 is 1. The molecule has 0 radical (unpaired) electrons. The van der Waals surface area contributed by atoms with E-state index in [0.29, 0.717) is 5.69 Å². The molecule has 0 amide bonds. The quantitative estimate of drug-likeness (QED) is 0.375. The van der Waals surface area contributed by atoms with E-state index in [1.54, 1.807) is 18.3 Å². The maximum atomic E-state index is 10.6. The predicted molar refractivity (Wildman–Crippen MR) is 43.7 cm³/mol. The summed E-state index contributed by atoms with van der Waals surface area (Å²) >= 11 is 0. The van der Waals surface area contributed by atoms with Crippen molar-refractivity contribution in [2.24, 2.45) is 0 Å². The van der Waals surface area contributed by atoms with Crippen molar-refractivity contribution in [2.75, 3.05) is 7.11 Å². The van der Waals surface area contributed by atoms with Crippen LogP contribution in [0.15, 0.2) is 18.3 Å². The first-order chi connectivity index (χ1) is 5.76. The number of hydrogen-bond acceptors (Lipinski definition) is 4. The molecule has 6 heteroatoms. The van der Waals surface area contributed by atoms with Crippen LogP contribution in [0.4, 0.5) is 0 Å². The summed E-state index contributed by atoms with van der Waals surface area (Å²) in [6.45, 7) is 0. The Morgan fingerprint density at radius 2 is 2.25 bits per heavy atom. The molecule has 1 aromatic heterocycles. The normalized spacial score (nSPS) is 7.92. The van der Waals surface area contributed by atoms with Gasteiger partial charge in [-0.15, -0.1) is 0 Å². The summed E-state index contributed by atoms with van der Waals surface area (Å²) in [4.78, 5) is 13.3. The number of carbonyl (C=O) groups excluding carboxylic acids is 1. The Morgan fingerprint density at radius 3 is 2.58 bits per heavy atom. The molecular formula is C6H10BNO4. The van der Waals surface area contributed by atoms with Gasteiger partial charge in [0, 0.05) is 6.20 Å². The molecule has 5 nitrogen and oxygen atoms in total. The molecule has 0 aromatic carbocycles. The highest BCUT2D eigenvalue weighted by atomic mass is 16.5. The monoisotopic (exact) mass is 171 g/mol. The third-order valence-corrected chi connectivity index (χ3v) is 1.00. The maximum absolute atomic E-state index is 10.6. The van der Waals surface area contributed by atoms with Gasteiger partial charge in [0.2, 0.25) is 0 Å². The van der Waals surface area contributed by atoms with Gasteiger partial charge in [-0.25, -0.2) is 4.79 Å². The van der Waals surface area contributed by atoms with Gasteiger partial charge < -0.3 is 19.8 Å². The number of aromatic nitrogens is 1. The second kappa shape index (κ2) is 6.45. The first-order valence-electron chi connectivity index (χ1n) is 3.19. The van der Waals surface area contributed by atoms with Crippen molar-refractivity contribution < 1.29 is 19.6 Å². The number of nitrogens with one attached hydrogen (secondary N) is 1. The zero-order chi connectivity index (χ0) is 9.40. The van der Waals surface area contributed by atoms with E-state index < -0.39 is 7.69 Å². The number of hydrogen-bond donors (Lipinski definition) is 3. The van der Waals surface area contributed by atoms with Crippen molar-refractivity contribution >= 4 is 13.7 Å². The molecule has 0 unspecified atom stereocenters. The summed E-state index contributed by atoms with van der Waals surface area (Å²) in [6.07, 6.45) is 1.67. The van der Waals surface area contributed by atoms with Crippen molar-refractivity contribution in [3.8, 4) is 0 Å². The molecule has 1 heterocycles. The van der Waals surface area contributed by atoms with Crippen LogP contribution in [0.2, 0.25) is 0 Å². The minimum atomic E-state index is -0.750. The van der Waals surface area contributed by atoms with Gasteiger partial charge in [0.25, 0.3) is 0 Å². The van der Waals surface area contributed by atoms with Gasteiger partial charge in [-0.1, -0.05) is 0 Å². The maximum Gasteiger partial charge on any atom is 0.432 e. The molecule has 1 aromatic rings. The molecule has 66 valence electrons. The van der Waals surface area contributed by atoms with E-state index in [1.807, 2.05) is 0 Å². The third kappa shape index (κ3) is 3.79. The van der Waals surface area contributed by atoms with E-state index in [9.17, 15) is 4.79 Å². The highest BCUT2D eigenvalue weighted by Crippen LogP contribution is 1.94. The zero-order valence-electron chi connectivity index (χ0n) is 6.65. The summed E-state index contributed by atoms with van der Waals surface area (Å²) in [5.41, 5.74) is 0.484. The Morgan fingerprint density at radius 1 is 1.67 bits per heavy atom. The fraction of sp³-hybridized carbons (Fsp3) is 0.167. The third-order valence-electron chi connectivity index (χ3n) is 1.00. The largest absolute Gasteiger partial charge is 0.464 e. The van der Waals surface area contributed by atoms with Crippen molar-refractivity contribution in [3.05, 3.63) is 24.0 Å². The average molecular weight is 171 g/mol. The van der Waals surface area contributed by atoms with Crippen LogP contribution in [0.25, 0.3) is 0 Å². The van der Waals surface area contributed by atoms with E-state index >= 15 is 0 Å². The number of ether oxygens (including phenoxy) is 1. The number of carbonyl (C=O) groups is 1. The molecule has 0 aliphatic heterocycles. The molecule has 0 aliphatic rings. The van der Waals surface area contributed by atoms with Gasteiger partial charge in [-0.2, -0.15) is 0 Å². The molecule has 0 fully saturated rings. The van der Waals surface area contributed by atoms with Crippen LogP contribution >= 0.6 is 0 Å². The van der Waals surface area contributed by atoms with Crippen molar-refractivity contribution in [2.45, 2.75) is 0 Å². The second-order valence-corrected chi connectivity index (χ2v) is 1.72. The SMILES string of the molecule is COC(=O)c1ccc[nH]1.OBO. The molecule has 0 saturated carbocycles. The molecular weight excluding hydrogens is 161 g/mol. The lowest BCUT2D eigenvalue weighted by atomic mass is 10.4. The van der Waals surface area contributed by atoms with Crippen LogP contribution in [-0.4, -0.2) is 35.8 Å².